The minimum atomic E-state index is 0.0140. The lowest BCUT2D eigenvalue weighted by Crippen LogP contribution is -2.26. The van der Waals surface area contributed by atoms with Gasteiger partial charge in [0.05, 0.1) is 10.0 Å². The highest BCUT2D eigenvalue weighted by Gasteiger charge is 2.13. The maximum absolute atomic E-state index is 6.15. The van der Waals surface area contributed by atoms with Crippen molar-refractivity contribution in [3.05, 3.63) is 76.0 Å². The van der Waals surface area contributed by atoms with Crippen molar-refractivity contribution in [3.63, 3.8) is 0 Å². The number of fused-ring (bicyclic) bond motifs is 1. The fourth-order valence-corrected chi connectivity index (χ4v) is 2.99. The van der Waals surface area contributed by atoms with Gasteiger partial charge in [0.1, 0.15) is 11.3 Å². The first-order chi connectivity index (χ1) is 11.5. The minimum Gasteiger partial charge on any atom is -0.457 e. The number of para-hydroxylation sites is 1. The van der Waals surface area contributed by atoms with Gasteiger partial charge in [-0.25, -0.2) is 0 Å². The molecule has 0 radical (unpaired) electrons. The van der Waals surface area contributed by atoms with Crippen molar-refractivity contribution in [3.8, 4) is 0 Å². The number of furan rings is 1. The molecule has 2 unspecified atom stereocenters. The predicted molar refractivity (Wildman–Crippen MR) is 103 cm³/mol. The van der Waals surface area contributed by atoms with E-state index in [9.17, 15) is 0 Å². The summed E-state index contributed by atoms with van der Waals surface area (Å²) >= 11 is 12.1. The van der Waals surface area contributed by atoms with Gasteiger partial charge in [0.15, 0.2) is 0 Å². The minimum absolute atomic E-state index is 0.0140. The Labute approximate surface area is 151 Å². The van der Waals surface area contributed by atoms with E-state index in [0.717, 1.165) is 28.7 Å². The molecule has 2 nitrogen and oxygen atoms in total. The normalized spacial score (nSPS) is 14.3. The Hall–Kier alpha value is -1.74. The van der Waals surface area contributed by atoms with Crippen LogP contribution in [0, 0.1) is 5.92 Å². The zero-order chi connectivity index (χ0) is 17.1. The van der Waals surface area contributed by atoms with Gasteiger partial charge in [-0.05, 0) is 55.2 Å². The zero-order valence-electron chi connectivity index (χ0n) is 13.4. The third kappa shape index (κ3) is 4.02. The van der Waals surface area contributed by atoms with E-state index >= 15 is 0 Å². The predicted octanol–water partition coefficient (Wildman–Crippen LogP) is 5.96. The van der Waals surface area contributed by atoms with E-state index < -0.39 is 0 Å². The SMILES string of the molecule is CC(N)C(/C=C/c1cc2ccccc2o1)Cc1ccc(Cl)c(Cl)c1. The third-order valence-electron chi connectivity index (χ3n) is 4.08. The molecule has 2 atom stereocenters. The highest BCUT2D eigenvalue weighted by atomic mass is 35.5. The molecule has 0 bridgehead atoms. The molecule has 24 heavy (non-hydrogen) atoms. The molecule has 1 aromatic heterocycles. The van der Waals surface area contributed by atoms with E-state index in [2.05, 4.69) is 6.08 Å². The van der Waals surface area contributed by atoms with Crippen LogP contribution in [0.4, 0.5) is 0 Å². The van der Waals surface area contributed by atoms with Crippen LogP contribution in [0.2, 0.25) is 10.0 Å². The van der Waals surface area contributed by atoms with Crippen LogP contribution in [-0.4, -0.2) is 6.04 Å². The summed E-state index contributed by atoms with van der Waals surface area (Å²) in [6.07, 6.45) is 4.89. The Morgan fingerprint density at radius 1 is 1.08 bits per heavy atom. The van der Waals surface area contributed by atoms with E-state index in [0.29, 0.717) is 10.0 Å². The summed E-state index contributed by atoms with van der Waals surface area (Å²) in [5.41, 5.74) is 8.15. The van der Waals surface area contributed by atoms with E-state index in [1.807, 2.05) is 61.5 Å². The smallest absolute Gasteiger partial charge is 0.134 e. The van der Waals surface area contributed by atoms with E-state index in [1.54, 1.807) is 0 Å². The molecule has 0 aliphatic rings. The molecule has 3 aromatic rings. The second kappa shape index (κ2) is 7.43. The average molecular weight is 360 g/mol. The second-order valence-electron chi connectivity index (χ2n) is 6.02. The maximum Gasteiger partial charge on any atom is 0.134 e. The topological polar surface area (TPSA) is 39.2 Å². The molecule has 2 aromatic carbocycles. The van der Waals surface area contributed by atoms with Crippen molar-refractivity contribution >= 4 is 40.2 Å². The van der Waals surface area contributed by atoms with Gasteiger partial charge >= 0.3 is 0 Å². The Kier molecular flexibility index (Phi) is 5.30. The molecular formula is C20H19Cl2NO. The zero-order valence-corrected chi connectivity index (χ0v) is 14.9. The number of hydrogen-bond donors (Lipinski definition) is 1. The Morgan fingerprint density at radius 3 is 2.58 bits per heavy atom. The van der Waals surface area contributed by atoms with Gasteiger partial charge in [0.25, 0.3) is 0 Å². The Bertz CT molecular complexity index is 834. The fourth-order valence-electron chi connectivity index (χ4n) is 2.67. The standard InChI is InChI=1S/C20H19Cl2NO/c1-13(23)15(10-14-6-9-18(21)19(22)11-14)7-8-17-12-16-4-2-3-5-20(16)24-17/h2-9,11-13,15H,10,23H2,1H3/b8-7+. The Morgan fingerprint density at radius 2 is 1.88 bits per heavy atom. The molecule has 0 amide bonds. The lowest BCUT2D eigenvalue weighted by atomic mass is 9.93. The van der Waals surface area contributed by atoms with Crippen molar-refractivity contribution in [2.45, 2.75) is 19.4 Å². The van der Waals surface area contributed by atoms with Crippen LogP contribution in [0.25, 0.3) is 17.0 Å². The molecule has 0 aliphatic heterocycles. The van der Waals surface area contributed by atoms with Crippen molar-refractivity contribution in [1.82, 2.24) is 0 Å². The highest BCUT2D eigenvalue weighted by molar-refractivity contribution is 6.42. The number of halogens is 2. The first-order valence-electron chi connectivity index (χ1n) is 7.89. The van der Waals surface area contributed by atoms with Crippen molar-refractivity contribution in [2.24, 2.45) is 11.7 Å². The lowest BCUT2D eigenvalue weighted by Gasteiger charge is -2.17. The van der Waals surface area contributed by atoms with Gasteiger partial charge in [0, 0.05) is 11.4 Å². The van der Waals surface area contributed by atoms with Gasteiger partial charge in [-0.3, -0.25) is 0 Å². The molecule has 2 N–H and O–H groups in total. The number of rotatable bonds is 5. The van der Waals surface area contributed by atoms with Crippen LogP contribution in [0.1, 0.15) is 18.2 Å². The van der Waals surface area contributed by atoms with Gasteiger partial charge in [-0.15, -0.1) is 0 Å². The summed E-state index contributed by atoms with van der Waals surface area (Å²) in [7, 11) is 0. The molecular weight excluding hydrogens is 341 g/mol. The van der Waals surface area contributed by atoms with Crippen LogP contribution >= 0.6 is 23.2 Å². The van der Waals surface area contributed by atoms with Gasteiger partial charge in [-0.1, -0.05) is 53.5 Å². The summed E-state index contributed by atoms with van der Waals surface area (Å²) in [4.78, 5) is 0. The molecule has 0 aliphatic carbocycles. The summed E-state index contributed by atoms with van der Waals surface area (Å²) in [6.45, 7) is 2.01. The third-order valence-corrected chi connectivity index (χ3v) is 4.82. The monoisotopic (exact) mass is 359 g/mol. The van der Waals surface area contributed by atoms with Crippen LogP contribution in [0.15, 0.2) is 59.0 Å². The molecule has 0 fully saturated rings. The molecule has 0 spiro atoms. The summed E-state index contributed by atoms with van der Waals surface area (Å²) in [5.74, 6) is 1.01. The largest absolute Gasteiger partial charge is 0.457 e. The average Bonchev–Trinajstić information content (AvgIpc) is 2.97. The summed E-state index contributed by atoms with van der Waals surface area (Å²) in [5, 5.41) is 2.23. The first kappa shape index (κ1) is 17.1. The lowest BCUT2D eigenvalue weighted by molar-refractivity contribution is 0.533. The van der Waals surface area contributed by atoms with Crippen LogP contribution in [-0.2, 0) is 6.42 Å². The molecule has 124 valence electrons. The number of hydrogen-bond acceptors (Lipinski definition) is 2. The van der Waals surface area contributed by atoms with Crippen molar-refractivity contribution in [2.75, 3.05) is 0 Å². The number of benzene rings is 2. The molecule has 0 saturated carbocycles. The van der Waals surface area contributed by atoms with E-state index in [4.69, 9.17) is 33.4 Å². The molecule has 1 heterocycles. The fraction of sp³-hybridized carbons (Fsp3) is 0.200. The molecule has 3 rings (SSSR count). The second-order valence-corrected chi connectivity index (χ2v) is 6.84. The van der Waals surface area contributed by atoms with Gasteiger partial charge in [0.2, 0.25) is 0 Å². The molecule has 0 saturated heterocycles. The molecule has 4 heteroatoms. The van der Waals surface area contributed by atoms with Crippen LogP contribution < -0.4 is 5.73 Å². The van der Waals surface area contributed by atoms with Crippen molar-refractivity contribution < 1.29 is 4.42 Å². The van der Waals surface area contributed by atoms with Gasteiger partial charge in [-0.2, -0.15) is 0 Å². The number of nitrogens with two attached hydrogens (primary N) is 1. The maximum atomic E-state index is 6.15. The summed E-state index contributed by atoms with van der Waals surface area (Å²) in [6, 6.07) is 15.7. The first-order valence-corrected chi connectivity index (χ1v) is 8.65. The highest BCUT2D eigenvalue weighted by Crippen LogP contribution is 2.25. The van der Waals surface area contributed by atoms with Crippen LogP contribution in [0.3, 0.4) is 0 Å². The Balaban J connectivity index is 1.78. The summed E-state index contributed by atoms with van der Waals surface area (Å²) < 4.78 is 5.82. The van der Waals surface area contributed by atoms with Gasteiger partial charge < -0.3 is 10.2 Å². The van der Waals surface area contributed by atoms with E-state index in [1.165, 1.54) is 0 Å². The van der Waals surface area contributed by atoms with Crippen molar-refractivity contribution in [1.29, 1.82) is 0 Å². The van der Waals surface area contributed by atoms with E-state index in [-0.39, 0.29) is 12.0 Å². The van der Waals surface area contributed by atoms with Crippen LogP contribution in [0.5, 0.6) is 0 Å². The quantitative estimate of drug-likeness (QED) is 0.610.